The van der Waals surface area contributed by atoms with Gasteiger partial charge in [-0.15, -0.1) is 0 Å². The van der Waals surface area contributed by atoms with Crippen LogP contribution in [0.15, 0.2) is 57.5 Å². The van der Waals surface area contributed by atoms with Crippen molar-refractivity contribution in [2.45, 2.75) is 4.90 Å². The Balaban J connectivity index is 2.14. The van der Waals surface area contributed by atoms with Crippen LogP contribution >= 0.6 is 0 Å². The molecular weight excluding hydrogens is 338 g/mol. The summed E-state index contributed by atoms with van der Waals surface area (Å²) >= 11 is 0. The highest BCUT2D eigenvalue weighted by molar-refractivity contribution is 7.90. The number of anilines is 1. The molecule has 7 heteroatoms. The Labute approximate surface area is 145 Å². The summed E-state index contributed by atoms with van der Waals surface area (Å²) in [7, 11) is -0.324. The number of ketones is 1. The molecule has 2 aliphatic rings. The first-order valence-corrected chi connectivity index (χ1v) is 9.06. The zero-order valence-corrected chi connectivity index (χ0v) is 14.5. The number of allylic oxidation sites excluding steroid dienone is 2. The van der Waals surface area contributed by atoms with Crippen LogP contribution in [0.4, 0.5) is 5.69 Å². The summed E-state index contributed by atoms with van der Waals surface area (Å²) in [6.45, 7) is 0. The molecule has 1 aliphatic heterocycles. The molecule has 0 saturated carbocycles. The van der Waals surface area contributed by atoms with Gasteiger partial charge in [-0.2, -0.15) is 12.8 Å². The van der Waals surface area contributed by atoms with E-state index in [9.17, 15) is 13.2 Å². The summed E-state index contributed by atoms with van der Waals surface area (Å²) in [6.07, 6.45) is 0. The number of hydrogen-bond acceptors (Lipinski definition) is 5. The van der Waals surface area contributed by atoms with Crippen molar-refractivity contribution >= 4 is 32.8 Å². The van der Waals surface area contributed by atoms with E-state index in [1.54, 1.807) is 55.4 Å². The van der Waals surface area contributed by atoms with Gasteiger partial charge in [0.05, 0.1) is 16.3 Å². The zero-order valence-electron chi connectivity index (χ0n) is 13.6. The lowest BCUT2D eigenvalue weighted by Gasteiger charge is -2.26. The summed E-state index contributed by atoms with van der Waals surface area (Å²) in [6, 6.07) is 11.7. The van der Waals surface area contributed by atoms with Gasteiger partial charge in [-0.05, 0) is 23.8 Å². The number of likely N-dealkylation sites (N-methyl/N-ethyl adjacent to an activating group) is 1. The summed E-state index contributed by atoms with van der Waals surface area (Å²) in [5.74, 6) is -0.227. The quantitative estimate of drug-likeness (QED) is 0.833. The van der Waals surface area contributed by atoms with Gasteiger partial charge in [0.15, 0.2) is 0 Å². The molecule has 0 amide bonds. The average Bonchev–Trinajstić information content (AvgIpc) is 2.82. The maximum atomic E-state index is 13.1. The molecule has 1 aliphatic carbocycles. The van der Waals surface area contributed by atoms with Gasteiger partial charge < -0.3 is 10.6 Å². The summed E-state index contributed by atoms with van der Waals surface area (Å²) in [5, 5.41) is 0. The third-order valence-electron chi connectivity index (χ3n) is 4.31. The van der Waals surface area contributed by atoms with E-state index in [2.05, 4.69) is 4.40 Å². The van der Waals surface area contributed by atoms with Crippen LogP contribution in [0.3, 0.4) is 0 Å². The number of nitrogens with two attached hydrogens (primary N) is 1. The highest BCUT2D eigenvalue weighted by Crippen LogP contribution is 2.41. The lowest BCUT2D eigenvalue weighted by Crippen LogP contribution is -2.29. The molecule has 2 aromatic carbocycles. The first-order valence-electron chi connectivity index (χ1n) is 7.62. The number of rotatable bonds is 2. The lowest BCUT2D eigenvalue weighted by molar-refractivity contribution is 0.100. The molecule has 0 unspecified atom stereocenters. The third-order valence-corrected chi connectivity index (χ3v) is 5.63. The fourth-order valence-electron chi connectivity index (χ4n) is 3.31. The minimum absolute atomic E-state index is 0.0764. The Morgan fingerprint density at radius 1 is 1.08 bits per heavy atom. The first-order chi connectivity index (χ1) is 11.8. The van der Waals surface area contributed by atoms with E-state index < -0.39 is 10.0 Å². The fourth-order valence-corrected chi connectivity index (χ4v) is 4.55. The molecule has 2 aromatic rings. The van der Waals surface area contributed by atoms with Crippen molar-refractivity contribution < 1.29 is 13.2 Å². The van der Waals surface area contributed by atoms with Gasteiger partial charge in [0, 0.05) is 36.5 Å². The Bertz CT molecular complexity index is 1110. The molecule has 4 rings (SSSR count). The molecule has 1 heterocycles. The highest BCUT2D eigenvalue weighted by Gasteiger charge is 2.41. The maximum Gasteiger partial charge on any atom is 0.283 e. The number of nitrogens with zero attached hydrogens (tertiary/aromatic N) is 2. The number of nitrogen functional groups attached to an aromatic ring is 1. The number of benzene rings is 2. The average molecular weight is 353 g/mol. The minimum atomic E-state index is -3.82. The van der Waals surface area contributed by atoms with Crippen LogP contribution in [0.25, 0.3) is 5.57 Å². The largest absolute Gasteiger partial charge is 0.399 e. The molecule has 0 bridgehead atoms. The van der Waals surface area contributed by atoms with Crippen LogP contribution < -0.4 is 5.73 Å². The number of carbonyl (C=O) groups excluding carboxylic acids is 1. The molecule has 0 spiro atoms. The fraction of sp³-hybridized carbons (Fsp3) is 0.111. The van der Waals surface area contributed by atoms with Gasteiger partial charge in [-0.1, -0.05) is 24.3 Å². The van der Waals surface area contributed by atoms with Crippen LogP contribution in [0, 0.1) is 0 Å². The molecule has 0 saturated heterocycles. The monoisotopic (exact) mass is 353 g/mol. The van der Waals surface area contributed by atoms with E-state index >= 15 is 0 Å². The van der Waals surface area contributed by atoms with E-state index in [0.717, 1.165) is 0 Å². The van der Waals surface area contributed by atoms with Crippen molar-refractivity contribution in [1.29, 1.82) is 0 Å². The second-order valence-electron chi connectivity index (χ2n) is 6.17. The van der Waals surface area contributed by atoms with Gasteiger partial charge in [0.2, 0.25) is 5.78 Å². The van der Waals surface area contributed by atoms with Crippen LogP contribution in [0.1, 0.15) is 21.5 Å². The number of hydrogen-bond donors (Lipinski definition) is 1. The number of sulfonamides is 1. The lowest BCUT2D eigenvalue weighted by atomic mass is 9.83. The van der Waals surface area contributed by atoms with Crippen molar-refractivity contribution in [3.05, 3.63) is 64.9 Å². The molecule has 0 fully saturated rings. The van der Waals surface area contributed by atoms with Gasteiger partial charge in [-0.3, -0.25) is 4.79 Å². The van der Waals surface area contributed by atoms with Crippen molar-refractivity contribution in [2.24, 2.45) is 4.40 Å². The molecular formula is C18H15N3O3S. The molecule has 25 heavy (non-hydrogen) atoms. The topological polar surface area (TPSA) is 92.8 Å². The normalized spacial score (nSPS) is 17.4. The summed E-state index contributed by atoms with van der Waals surface area (Å²) in [5.41, 5.74) is 9.00. The Morgan fingerprint density at radius 2 is 1.80 bits per heavy atom. The van der Waals surface area contributed by atoms with Crippen molar-refractivity contribution in [3.8, 4) is 0 Å². The molecule has 126 valence electrons. The summed E-state index contributed by atoms with van der Waals surface area (Å²) < 4.78 is 28.9. The second kappa shape index (κ2) is 5.03. The Morgan fingerprint density at radius 3 is 2.48 bits per heavy atom. The zero-order chi connectivity index (χ0) is 17.9. The van der Waals surface area contributed by atoms with Crippen molar-refractivity contribution in [3.63, 3.8) is 0 Å². The minimum Gasteiger partial charge on any atom is -0.399 e. The molecule has 0 radical (unpaired) electrons. The number of Topliss-reactive ketones (excluding diaryl/α,β-unsaturated/α-hetero) is 1. The van der Waals surface area contributed by atoms with Crippen LogP contribution in [0.5, 0.6) is 0 Å². The van der Waals surface area contributed by atoms with Gasteiger partial charge in [0.1, 0.15) is 0 Å². The van der Waals surface area contributed by atoms with Crippen molar-refractivity contribution in [2.75, 3.05) is 19.8 Å². The SMILES string of the molecule is CN(C)C1=C(c2cccc(N)c2)C2=NS(=O)(=O)c3cccc(c32)C1=O. The highest BCUT2D eigenvalue weighted by atomic mass is 32.2. The van der Waals surface area contributed by atoms with Gasteiger partial charge >= 0.3 is 0 Å². The molecule has 6 nitrogen and oxygen atoms in total. The molecule has 0 atom stereocenters. The standard InChI is InChI=1S/C18H15N3O3S/c1-21(2)17-14(10-5-3-6-11(19)9-10)16-15-12(18(17)22)7-4-8-13(15)25(23,24)20-16/h3-9H,19H2,1-2H3. The second-order valence-corrected chi connectivity index (χ2v) is 7.74. The molecule has 0 aromatic heterocycles. The first kappa shape index (κ1) is 15.6. The van der Waals surface area contributed by atoms with Gasteiger partial charge in [0.25, 0.3) is 10.0 Å². The van der Waals surface area contributed by atoms with Crippen LogP contribution in [0.2, 0.25) is 0 Å². The van der Waals surface area contributed by atoms with E-state index in [-0.39, 0.29) is 10.7 Å². The predicted molar refractivity (Wildman–Crippen MR) is 96.0 cm³/mol. The van der Waals surface area contributed by atoms with Crippen LogP contribution in [-0.2, 0) is 10.0 Å². The predicted octanol–water partition coefficient (Wildman–Crippen LogP) is 1.93. The van der Waals surface area contributed by atoms with Crippen molar-refractivity contribution in [1.82, 2.24) is 4.90 Å². The Kier molecular flexibility index (Phi) is 3.14. The van der Waals surface area contributed by atoms with E-state index in [1.807, 2.05) is 0 Å². The number of carbonyl (C=O) groups is 1. The summed E-state index contributed by atoms with van der Waals surface area (Å²) in [4.78, 5) is 14.8. The smallest absolute Gasteiger partial charge is 0.283 e. The van der Waals surface area contributed by atoms with E-state index in [4.69, 9.17) is 5.73 Å². The van der Waals surface area contributed by atoms with E-state index in [0.29, 0.717) is 39.4 Å². The van der Waals surface area contributed by atoms with Crippen LogP contribution in [-0.4, -0.2) is 38.9 Å². The Hall–Kier alpha value is -2.93. The third kappa shape index (κ3) is 2.12. The molecule has 2 N–H and O–H groups in total. The van der Waals surface area contributed by atoms with Gasteiger partial charge in [-0.25, -0.2) is 0 Å². The van der Waals surface area contributed by atoms with E-state index in [1.165, 1.54) is 6.07 Å². The maximum absolute atomic E-state index is 13.1.